The van der Waals surface area contributed by atoms with E-state index < -0.39 is 0 Å². The predicted molar refractivity (Wildman–Crippen MR) is 94.1 cm³/mol. The number of hydrogen-bond acceptors (Lipinski definition) is 2. The second-order valence-electron chi connectivity index (χ2n) is 5.77. The molecule has 0 aliphatic rings. The van der Waals surface area contributed by atoms with E-state index in [0.29, 0.717) is 6.61 Å². The molecule has 0 radical (unpaired) electrons. The number of hydrogen-bond donors (Lipinski definition) is 0. The highest BCUT2D eigenvalue weighted by atomic mass is 16.5. The predicted octanol–water partition coefficient (Wildman–Crippen LogP) is 4.17. The third-order valence-electron chi connectivity index (χ3n) is 3.94. The Labute approximate surface area is 136 Å². The molecule has 0 spiro atoms. The number of aromatic nitrogens is 1. The number of pyridine rings is 1. The summed E-state index contributed by atoms with van der Waals surface area (Å²) in [5.41, 5.74) is 1.29. The van der Waals surface area contributed by atoms with Gasteiger partial charge in [-0.1, -0.05) is 30.3 Å². The van der Waals surface area contributed by atoms with Crippen LogP contribution in [0.3, 0.4) is 0 Å². The molecular formula is C20H21NO2. The zero-order chi connectivity index (χ0) is 16.1. The summed E-state index contributed by atoms with van der Waals surface area (Å²) < 4.78 is 7.52. The third-order valence-corrected chi connectivity index (χ3v) is 3.94. The van der Waals surface area contributed by atoms with Gasteiger partial charge >= 0.3 is 0 Å². The van der Waals surface area contributed by atoms with Gasteiger partial charge in [-0.05, 0) is 55.0 Å². The summed E-state index contributed by atoms with van der Waals surface area (Å²) in [5, 5.41) is 1.78. The molecule has 3 rings (SSSR count). The lowest BCUT2D eigenvalue weighted by Crippen LogP contribution is -2.19. The van der Waals surface area contributed by atoms with Gasteiger partial charge in [0.1, 0.15) is 5.75 Å². The maximum absolute atomic E-state index is 12.4. The average molecular weight is 307 g/mol. The first kappa shape index (κ1) is 15.3. The molecule has 0 atom stereocenters. The van der Waals surface area contributed by atoms with Crippen LogP contribution in [0.25, 0.3) is 10.8 Å². The summed E-state index contributed by atoms with van der Waals surface area (Å²) >= 11 is 0. The highest BCUT2D eigenvalue weighted by Gasteiger charge is 2.02. The summed E-state index contributed by atoms with van der Waals surface area (Å²) in [7, 11) is 0. The van der Waals surface area contributed by atoms with Crippen molar-refractivity contribution in [1.29, 1.82) is 0 Å². The third kappa shape index (κ3) is 3.81. The summed E-state index contributed by atoms with van der Waals surface area (Å²) in [6, 6.07) is 17.8. The van der Waals surface area contributed by atoms with Gasteiger partial charge in [-0.15, -0.1) is 0 Å². The Morgan fingerprint density at radius 2 is 1.87 bits per heavy atom. The molecule has 2 aromatic carbocycles. The van der Waals surface area contributed by atoms with Crippen molar-refractivity contribution in [3.63, 3.8) is 0 Å². The second-order valence-corrected chi connectivity index (χ2v) is 5.77. The Bertz CT molecular complexity index is 851. The monoisotopic (exact) mass is 307 g/mol. The summed E-state index contributed by atoms with van der Waals surface area (Å²) in [4.78, 5) is 12.4. The highest BCUT2D eigenvalue weighted by molar-refractivity contribution is 5.81. The maximum atomic E-state index is 12.4. The van der Waals surface area contributed by atoms with E-state index in [1.54, 1.807) is 4.57 Å². The van der Waals surface area contributed by atoms with Crippen molar-refractivity contribution in [1.82, 2.24) is 4.57 Å². The molecule has 0 fully saturated rings. The van der Waals surface area contributed by atoms with Crippen molar-refractivity contribution < 1.29 is 4.74 Å². The number of ether oxygens (including phenoxy) is 1. The Kier molecular flexibility index (Phi) is 4.77. The molecule has 3 heteroatoms. The molecule has 0 amide bonds. The summed E-state index contributed by atoms with van der Waals surface area (Å²) in [6.45, 7) is 3.45. The standard InChI is InChI=1S/C20H21NO2/c1-16-7-6-9-18(15-16)23-14-5-4-12-21-13-11-17-8-2-3-10-19(17)20(21)22/h2-3,6-11,13,15H,4-5,12,14H2,1H3. The quantitative estimate of drug-likeness (QED) is 0.640. The van der Waals surface area contributed by atoms with Gasteiger partial charge in [-0.25, -0.2) is 0 Å². The molecule has 0 unspecified atom stereocenters. The lowest BCUT2D eigenvalue weighted by atomic mass is 10.2. The first-order valence-corrected chi connectivity index (χ1v) is 8.02. The number of unbranched alkanes of at least 4 members (excludes halogenated alkanes) is 1. The largest absolute Gasteiger partial charge is 0.494 e. The van der Waals surface area contributed by atoms with Crippen LogP contribution in [0.2, 0.25) is 0 Å². The number of nitrogens with zero attached hydrogens (tertiary/aromatic N) is 1. The first-order valence-electron chi connectivity index (χ1n) is 8.02. The number of rotatable bonds is 6. The minimum absolute atomic E-state index is 0.0858. The van der Waals surface area contributed by atoms with Crippen LogP contribution in [-0.2, 0) is 6.54 Å². The van der Waals surface area contributed by atoms with Crippen molar-refractivity contribution >= 4 is 10.8 Å². The van der Waals surface area contributed by atoms with Crippen LogP contribution in [0.1, 0.15) is 18.4 Å². The van der Waals surface area contributed by atoms with Crippen LogP contribution in [0.4, 0.5) is 0 Å². The van der Waals surface area contributed by atoms with Crippen molar-refractivity contribution in [2.24, 2.45) is 0 Å². The fraction of sp³-hybridized carbons (Fsp3) is 0.250. The Hall–Kier alpha value is -2.55. The maximum Gasteiger partial charge on any atom is 0.258 e. The van der Waals surface area contributed by atoms with E-state index in [1.807, 2.05) is 54.7 Å². The molecule has 1 aromatic heterocycles. The van der Waals surface area contributed by atoms with Gasteiger partial charge in [0.25, 0.3) is 5.56 Å². The lowest BCUT2D eigenvalue weighted by molar-refractivity contribution is 0.303. The molecule has 3 nitrogen and oxygen atoms in total. The van der Waals surface area contributed by atoms with Crippen LogP contribution < -0.4 is 10.3 Å². The van der Waals surface area contributed by atoms with E-state index in [2.05, 4.69) is 13.0 Å². The van der Waals surface area contributed by atoms with E-state index in [-0.39, 0.29) is 5.56 Å². The molecule has 0 bridgehead atoms. The van der Waals surface area contributed by atoms with E-state index in [1.165, 1.54) is 5.56 Å². The molecule has 0 saturated carbocycles. The molecule has 0 aliphatic heterocycles. The Morgan fingerprint density at radius 3 is 2.74 bits per heavy atom. The summed E-state index contributed by atoms with van der Waals surface area (Å²) in [6.07, 6.45) is 3.73. The Morgan fingerprint density at radius 1 is 1.00 bits per heavy atom. The van der Waals surface area contributed by atoms with Crippen LogP contribution in [0, 0.1) is 6.92 Å². The van der Waals surface area contributed by atoms with Gasteiger partial charge in [0.15, 0.2) is 0 Å². The van der Waals surface area contributed by atoms with Crippen molar-refractivity contribution in [3.8, 4) is 5.75 Å². The molecule has 0 aliphatic carbocycles. The van der Waals surface area contributed by atoms with Crippen molar-refractivity contribution in [2.45, 2.75) is 26.3 Å². The van der Waals surface area contributed by atoms with Crippen molar-refractivity contribution in [3.05, 3.63) is 76.7 Å². The van der Waals surface area contributed by atoms with Gasteiger partial charge < -0.3 is 9.30 Å². The molecule has 3 aromatic rings. The second kappa shape index (κ2) is 7.14. The summed E-state index contributed by atoms with van der Waals surface area (Å²) in [5.74, 6) is 0.910. The number of fused-ring (bicyclic) bond motifs is 1. The lowest BCUT2D eigenvalue weighted by Gasteiger charge is -2.09. The number of aryl methyl sites for hydroxylation is 2. The van der Waals surface area contributed by atoms with Gasteiger partial charge in [0.05, 0.1) is 6.61 Å². The van der Waals surface area contributed by atoms with Crippen LogP contribution in [-0.4, -0.2) is 11.2 Å². The minimum Gasteiger partial charge on any atom is -0.494 e. The van der Waals surface area contributed by atoms with Gasteiger partial charge in [-0.2, -0.15) is 0 Å². The molecular weight excluding hydrogens is 286 g/mol. The Balaban J connectivity index is 1.53. The fourth-order valence-corrected chi connectivity index (χ4v) is 2.69. The molecule has 1 heterocycles. The zero-order valence-electron chi connectivity index (χ0n) is 13.4. The average Bonchev–Trinajstić information content (AvgIpc) is 2.57. The number of benzene rings is 2. The smallest absolute Gasteiger partial charge is 0.258 e. The SMILES string of the molecule is Cc1cccc(OCCCCn2ccc3ccccc3c2=O)c1. The van der Waals surface area contributed by atoms with E-state index >= 15 is 0 Å². The normalized spacial score (nSPS) is 10.8. The minimum atomic E-state index is 0.0858. The van der Waals surface area contributed by atoms with E-state index in [4.69, 9.17) is 4.74 Å². The van der Waals surface area contributed by atoms with E-state index in [9.17, 15) is 4.79 Å². The van der Waals surface area contributed by atoms with Gasteiger partial charge in [0, 0.05) is 18.1 Å². The van der Waals surface area contributed by atoms with Crippen LogP contribution in [0.5, 0.6) is 5.75 Å². The van der Waals surface area contributed by atoms with E-state index in [0.717, 1.165) is 35.9 Å². The molecule has 0 saturated heterocycles. The van der Waals surface area contributed by atoms with Crippen LogP contribution in [0.15, 0.2) is 65.6 Å². The molecule has 0 N–H and O–H groups in total. The fourth-order valence-electron chi connectivity index (χ4n) is 2.69. The van der Waals surface area contributed by atoms with Crippen LogP contribution >= 0.6 is 0 Å². The zero-order valence-corrected chi connectivity index (χ0v) is 13.4. The highest BCUT2D eigenvalue weighted by Crippen LogP contribution is 2.13. The van der Waals surface area contributed by atoms with Crippen molar-refractivity contribution in [2.75, 3.05) is 6.61 Å². The molecule has 23 heavy (non-hydrogen) atoms. The van der Waals surface area contributed by atoms with Gasteiger partial charge in [-0.3, -0.25) is 4.79 Å². The first-order chi connectivity index (χ1) is 11.2. The molecule has 118 valence electrons. The topological polar surface area (TPSA) is 31.2 Å². The van der Waals surface area contributed by atoms with Gasteiger partial charge in [0.2, 0.25) is 0 Å².